The Morgan fingerprint density at radius 3 is 2.41 bits per heavy atom. The highest BCUT2D eigenvalue weighted by molar-refractivity contribution is 9.10. The van der Waals surface area contributed by atoms with Gasteiger partial charge in [0.15, 0.2) is 11.5 Å². The van der Waals surface area contributed by atoms with Crippen molar-refractivity contribution in [2.24, 2.45) is 5.92 Å². The SMILES string of the molecule is CCOc1cc(CNC(C(=O)O)C(C)C)cc(Br)c1OCc1c(Cl)cccc1Cl. The fourth-order valence-electron chi connectivity index (χ4n) is 2.78. The van der Waals surface area contributed by atoms with Crippen LogP contribution in [0.25, 0.3) is 0 Å². The average molecular weight is 505 g/mol. The molecule has 2 aromatic rings. The lowest BCUT2D eigenvalue weighted by Gasteiger charge is -2.20. The Morgan fingerprint density at radius 1 is 1.21 bits per heavy atom. The first-order valence-corrected chi connectivity index (χ1v) is 10.8. The van der Waals surface area contributed by atoms with Crippen LogP contribution in [0.3, 0.4) is 0 Å². The molecule has 0 radical (unpaired) electrons. The monoisotopic (exact) mass is 503 g/mol. The van der Waals surface area contributed by atoms with Gasteiger partial charge in [0.05, 0.1) is 11.1 Å². The van der Waals surface area contributed by atoms with Crippen molar-refractivity contribution in [1.29, 1.82) is 0 Å². The van der Waals surface area contributed by atoms with E-state index in [0.29, 0.717) is 44.7 Å². The average Bonchev–Trinajstić information content (AvgIpc) is 2.62. The summed E-state index contributed by atoms with van der Waals surface area (Å²) in [6.45, 7) is 6.63. The number of rotatable bonds is 10. The molecule has 0 aromatic heterocycles. The van der Waals surface area contributed by atoms with Crippen molar-refractivity contribution < 1.29 is 19.4 Å². The second kappa shape index (κ2) is 11.1. The number of aliphatic carboxylic acids is 1. The van der Waals surface area contributed by atoms with Gasteiger partial charge in [0.25, 0.3) is 0 Å². The van der Waals surface area contributed by atoms with E-state index in [0.717, 1.165) is 5.56 Å². The van der Waals surface area contributed by atoms with E-state index in [2.05, 4.69) is 21.2 Å². The molecule has 5 nitrogen and oxygen atoms in total. The van der Waals surface area contributed by atoms with E-state index in [1.807, 2.05) is 32.9 Å². The maximum absolute atomic E-state index is 11.4. The third-order valence-electron chi connectivity index (χ3n) is 4.25. The quantitative estimate of drug-likeness (QED) is 0.419. The van der Waals surface area contributed by atoms with Crippen LogP contribution < -0.4 is 14.8 Å². The molecular weight excluding hydrogens is 481 g/mol. The summed E-state index contributed by atoms with van der Waals surface area (Å²) in [5.41, 5.74) is 1.56. The van der Waals surface area contributed by atoms with Gasteiger partial charge in [-0.1, -0.05) is 43.1 Å². The van der Waals surface area contributed by atoms with Crippen LogP contribution in [-0.2, 0) is 17.9 Å². The summed E-state index contributed by atoms with van der Waals surface area (Å²) in [4.78, 5) is 11.4. The van der Waals surface area contributed by atoms with E-state index in [-0.39, 0.29) is 12.5 Å². The van der Waals surface area contributed by atoms with Gasteiger partial charge in [-0.3, -0.25) is 4.79 Å². The topological polar surface area (TPSA) is 67.8 Å². The third-order valence-corrected chi connectivity index (χ3v) is 5.55. The van der Waals surface area contributed by atoms with Crippen LogP contribution in [0.4, 0.5) is 0 Å². The molecule has 0 aliphatic rings. The summed E-state index contributed by atoms with van der Waals surface area (Å²) in [5, 5.41) is 13.5. The van der Waals surface area contributed by atoms with Crippen LogP contribution in [0.15, 0.2) is 34.8 Å². The molecule has 2 rings (SSSR count). The normalized spacial score (nSPS) is 12.1. The molecule has 0 heterocycles. The van der Waals surface area contributed by atoms with Crippen molar-refractivity contribution in [2.75, 3.05) is 6.61 Å². The first-order chi connectivity index (χ1) is 13.7. The molecule has 1 atom stereocenters. The molecule has 1 unspecified atom stereocenters. The smallest absolute Gasteiger partial charge is 0.320 e. The second-order valence-corrected chi connectivity index (χ2v) is 8.44. The van der Waals surface area contributed by atoms with Gasteiger partial charge in [0.1, 0.15) is 12.6 Å². The molecule has 0 amide bonds. The highest BCUT2D eigenvalue weighted by Gasteiger charge is 2.21. The molecule has 158 valence electrons. The molecule has 8 heteroatoms. The Hall–Kier alpha value is -1.47. The summed E-state index contributed by atoms with van der Waals surface area (Å²) in [6.07, 6.45) is 0. The highest BCUT2D eigenvalue weighted by atomic mass is 79.9. The summed E-state index contributed by atoms with van der Waals surface area (Å²) >= 11 is 16.0. The van der Waals surface area contributed by atoms with Crippen molar-refractivity contribution in [3.05, 3.63) is 56.0 Å². The molecule has 0 spiro atoms. The molecule has 2 aromatic carbocycles. The van der Waals surface area contributed by atoms with Crippen LogP contribution in [-0.4, -0.2) is 23.7 Å². The van der Waals surface area contributed by atoms with E-state index < -0.39 is 12.0 Å². The first-order valence-electron chi connectivity index (χ1n) is 9.21. The minimum Gasteiger partial charge on any atom is -0.490 e. The first kappa shape index (κ1) is 23.8. The number of hydrogen-bond donors (Lipinski definition) is 2. The Labute approximate surface area is 189 Å². The zero-order valence-corrected chi connectivity index (χ0v) is 19.6. The van der Waals surface area contributed by atoms with Crippen molar-refractivity contribution >= 4 is 45.1 Å². The highest BCUT2D eigenvalue weighted by Crippen LogP contribution is 2.38. The van der Waals surface area contributed by atoms with Gasteiger partial charge in [-0.2, -0.15) is 0 Å². The Morgan fingerprint density at radius 2 is 1.86 bits per heavy atom. The van der Waals surface area contributed by atoms with E-state index in [9.17, 15) is 9.90 Å². The van der Waals surface area contributed by atoms with Crippen LogP contribution in [0.2, 0.25) is 10.0 Å². The van der Waals surface area contributed by atoms with Crippen LogP contribution in [0, 0.1) is 5.92 Å². The second-order valence-electron chi connectivity index (χ2n) is 6.77. The molecule has 29 heavy (non-hydrogen) atoms. The number of carboxylic acid groups (broad SMARTS) is 1. The molecule has 0 fully saturated rings. The largest absolute Gasteiger partial charge is 0.490 e. The zero-order valence-electron chi connectivity index (χ0n) is 16.5. The number of halogens is 3. The lowest BCUT2D eigenvalue weighted by molar-refractivity contribution is -0.140. The van der Waals surface area contributed by atoms with E-state index >= 15 is 0 Å². The number of benzene rings is 2. The number of carbonyl (C=O) groups is 1. The fourth-order valence-corrected chi connectivity index (χ4v) is 3.89. The van der Waals surface area contributed by atoms with E-state index in [4.69, 9.17) is 32.7 Å². The lowest BCUT2D eigenvalue weighted by atomic mass is 10.0. The van der Waals surface area contributed by atoms with Crippen LogP contribution in [0.1, 0.15) is 31.9 Å². The predicted molar refractivity (Wildman–Crippen MR) is 119 cm³/mol. The molecule has 0 bridgehead atoms. The van der Waals surface area contributed by atoms with Gasteiger partial charge in [0, 0.05) is 22.2 Å². The zero-order chi connectivity index (χ0) is 21.6. The summed E-state index contributed by atoms with van der Waals surface area (Å²) < 4.78 is 12.4. The van der Waals surface area contributed by atoms with E-state index in [1.165, 1.54) is 0 Å². The number of hydrogen-bond acceptors (Lipinski definition) is 4. The van der Waals surface area contributed by atoms with Crippen LogP contribution in [0.5, 0.6) is 11.5 Å². The van der Waals surface area contributed by atoms with Crippen molar-refractivity contribution in [2.45, 2.75) is 40.0 Å². The van der Waals surface area contributed by atoms with Gasteiger partial charge in [-0.25, -0.2) is 0 Å². The van der Waals surface area contributed by atoms with Gasteiger partial charge < -0.3 is 19.9 Å². The van der Waals surface area contributed by atoms with Gasteiger partial charge in [-0.05, 0) is 58.6 Å². The summed E-state index contributed by atoms with van der Waals surface area (Å²) in [5.74, 6) is 0.175. The third kappa shape index (κ3) is 6.51. The van der Waals surface area contributed by atoms with Crippen molar-refractivity contribution in [1.82, 2.24) is 5.32 Å². The number of ether oxygens (including phenoxy) is 2. The minimum absolute atomic E-state index is 0.0368. The molecule has 0 aliphatic carbocycles. The molecular formula is C21H24BrCl2NO4. The minimum atomic E-state index is -0.874. The van der Waals surface area contributed by atoms with Crippen molar-refractivity contribution in [3.63, 3.8) is 0 Å². The molecule has 2 N–H and O–H groups in total. The van der Waals surface area contributed by atoms with Gasteiger partial charge in [-0.15, -0.1) is 0 Å². The maximum atomic E-state index is 11.4. The molecule has 0 saturated heterocycles. The maximum Gasteiger partial charge on any atom is 0.320 e. The van der Waals surface area contributed by atoms with Gasteiger partial charge in [0.2, 0.25) is 0 Å². The summed E-state index contributed by atoms with van der Waals surface area (Å²) in [6, 6.07) is 8.36. The standard InChI is InChI=1S/C21H24BrCl2NO4/c1-4-28-18-9-13(10-25-19(12(2)3)21(26)27)8-15(22)20(18)29-11-14-16(23)6-5-7-17(14)24/h5-9,12,19,25H,4,10-11H2,1-3H3,(H,26,27). The van der Waals surface area contributed by atoms with E-state index in [1.54, 1.807) is 18.2 Å². The number of carboxylic acids is 1. The van der Waals surface area contributed by atoms with Crippen LogP contribution >= 0.6 is 39.1 Å². The summed E-state index contributed by atoms with van der Waals surface area (Å²) in [7, 11) is 0. The lowest BCUT2D eigenvalue weighted by Crippen LogP contribution is -2.40. The fraction of sp³-hybridized carbons (Fsp3) is 0.381. The molecule has 0 aliphatic heterocycles. The Kier molecular flexibility index (Phi) is 9.08. The Bertz CT molecular complexity index is 841. The van der Waals surface area contributed by atoms with Gasteiger partial charge >= 0.3 is 5.97 Å². The molecule has 0 saturated carbocycles. The predicted octanol–water partition coefficient (Wildman–Crippen LogP) is 5.93. The number of nitrogens with one attached hydrogen (secondary N) is 1. The van der Waals surface area contributed by atoms with Crippen molar-refractivity contribution in [3.8, 4) is 11.5 Å². The Balaban J connectivity index is 2.22.